The summed E-state index contributed by atoms with van der Waals surface area (Å²) in [6.07, 6.45) is 2.59. The highest BCUT2D eigenvalue weighted by molar-refractivity contribution is 7.90. The summed E-state index contributed by atoms with van der Waals surface area (Å²) in [4.78, 5) is 11.6. The lowest BCUT2D eigenvalue weighted by atomic mass is 10.1. The minimum absolute atomic E-state index is 0. The molecule has 9 heteroatoms. The summed E-state index contributed by atoms with van der Waals surface area (Å²) in [5.41, 5.74) is 6.50. The topological polar surface area (TPSA) is 106 Å². The number of nitrogens with two attached hydrogens (primary N) is 1. The molecule has 1 aromatic carbocycles. The smallest absolute Gasteiger partial charge is 0.252 e. The number of aryl methyl sites for hydroxylation is 1. The maximum Gasteiger partial charge on any atom is 0.252 e. The first-order valence-corrected chi connectivity index (χ1v) is 8.90. The van der Waals surface area contributed by atoms with Crippen LogP contribution in [0.2, 0.25) is 5.02 Å². The van der Waals surface area contributed by atoms with E-state index >= 15 is 0 Å². The molecular weight excluding hydrogens is 373 g/mol. The number of nitrogens with zero attached hydrogens (tertiary/aromatic N) is 1. The van der Waals surface area contributed by atoms with Gasteiger partial charge in [-0.2, -0.15) is 0 Å². The first kappa shape index (κ1) is 20.2. The van der Waals surface area contributed by atoms with Crippen LogP contribution < -0.4 is 11.2 Å². The zero-order valence-electron chi connectivity index (χ0n) is 13.0. The van der Waals surface area contributed by atoms with E-state index in [2.05, 4.69) is 0 Å². The summed E-state index contributed by atoms with van der Waals surface area (Å²) < 4.78 is 25.2. The number of primary amides is 1. The predicted molar refractivity (Wildman–Crippen MR) is 94.5 cm³/mol. The Balaban J connectivity index is 0.00000288. The van der Waals surface area contributed by atoms with Crippen molar-refractivity contribution in [2.45, 2.75) is 18.4 Å². The molecule has 3 N–H and O–H groups in total. The fourth-order valence-corrected chi connectivity index (χ4v) is 3.44. The third-order valence-electron chi connectivity index (χ3n) is 3.33. The lowest BCUT2D eigenvalue weighted by Gasteiger charge is -2.13. The van der Waals surface area contributed by atoms with Gasteiger partial charge >= 0.3 is 0 Å². The third kappa shape index (κ3) is 4.37. The predicted octanol–water partition coefficient (Wildman–Crippen LogP) is 1.90. The highest BCUT2D eigenvalue weighted by atomic mass is 35.5. The van der Waals surface area contributed by atoms with Gasteiger partial charge in [0.05, 0.1) is 22.0 Å². The first-order valence-electron chi connectivity index (χ1n) is 6.63. The van der Waals surface area contributed by atoms with E-state index in [1.807, 2.05) is 6.92 Å². The second-order valence-electron chi connectivity index (χ2n) is 5.30. The van der Waals surface area contributed by atoms with Crippen LogP contribution in [0, 0.1) is 12.3 Å². The molecule has 0 spiro atoms. The van der Waals surface area contributed by atoms with Crippen molar-refractivity contribution >= 4 is 39.8 Å². The quantitative estimate of drug-likeness (QED) is 0.833. The van der Waals surface area contributed by atoms with Crippen LogP contribution in [0.1, 0.15) is 21.5 Å². The molecule has 2 rings (SSSR count). The molecule has 0 bridgehead atoms. The van der Waals surface area contributed by atoms with Crippen molar-refractivity contribution in [2.24, 2.45) is 5.73 Å². The molecule has 6 nitrogen and oxygen atoms in total. The van der Waals surface area contributed by atoms with Crippen LogP contribution in [0.5, 0.6) is 0 Å². The van der Waals surface area contributed by atoms with Crippen LogP contribution in [-0.4, -0.2) is 25.1 Å². The Kier molecular flexibility index (Phi) is 6.21. The fourth-order valence-electron chi connectivity index (χ4n) is 2.30. The van der Waals surface area contributed by atoms with Crippen LogP contribution >= 0.6 is 24.0 Å². The normalized spacial score (nSPS) is 11.0. The third-order valence-corrected chi connectivity index (χ3v) is 4.73. The van der Waals surface area contributed by atoms with Gasteiger partial charge in [-0.3, -0.25) is 10.2 Å². The number of hydrogen-bond acceptors (Lipinski definition) is 4. The number of amides is 1. The van der Waals surface area contributed by atoms with Gasteiger partial charge in [0.25, 0.3) is 5.91 Å². The number of hydrogen-bond donors (Lipinski definition) is 2. The van der Waals surface area contributed by atoms with Gasteiger partial charge in [0, 0.05) is 12.5 Å². The highest BCUT2D eigenvalue weighted by Crippen LogP contribution is 2.19. The van der Waals surface area contributed by atoms with E-state index in [0.29, 0.717) is 5.56 Å². The molecule has 1 amide bonds. The second-order valence-corrected chi connectivity index (χ2v) is 7.72. The number of carbonyl (C=O) groups excluding carboxylic acids is 1. The van der Waals surface area contributed by atoms with Crippen LogP contribution in [0.15, 0.2) is 35.4 Å². The number of benzene rings is 1. The zero-order chi connectivity index (χ0) is 17.4. The van der Waals surface area contributed by atoms with Crippen molar-refractivity contribution in [3.63, 3.8) is 0 Å². The van der Waals surface area contributed by atoms with E-state index in [9.17, 15) is 13.2 Å². The Labute approximate surface area is 151 Å². The summed E-state index contributed by atoms with van der Waals surface area (Å²) in [7, 11) is -3.42. The molecule has 0 unspecified atom stereocenters. The van der Waals surface area contributed by atoms with Gasteiger partial charge < -0.3 is 10.3 Å². The molecule has 2 aromatic rings. The summed E-state index contributed by atoms with van der Waals surface area (Å²) >= 11 is 5.96. The Hall–Kier alpha value is -1.83. The molecule has 0 saturated carbocycles. The van der Waals surface area contributed by atoms with Crippen molar-refractivity contribution in [1.82, 2.24) is 4.57 Å². The molecular formula is C15H17Cl2N3O3S. The van der Waals surface area contributed by atoms with Crippen molar-refractivity contribution < 1.29 is 13.2 Å². The summed E-state index contributed by atoms with van der Waals surface area (Å²) in [5.74, 6) is -0.765. The van der Waals surface area contributed by atoms with Gasteiger partial charge in [-0.25, -0.2) is 8.42 Å². The fraction of sp³-hybridized carbons (Fsp3) is 0.200. The van der Waals surface area contributed by atoms with E-state index in [-0.39, 0.29) is 39.9 Å². The Morgan fingerprint density at radius 3 is 2.50 bits per heavy atom. The molecule has 0 aliphatic rings. The van der Waals surface area contributed by atoms with E-state index in [1.165, 1.54) is 22.9 Å². The molecule has 0 fully saturated rings. The van der Waals surface area contributed by atoms with E-state index in [4.69, 9.17) is 22.7 Å². The number of halogens is 2. The number of aromatic nitrogens is 1. The van der Waals surface area contributed by atoms with Crippen molar-refractivity contribution in [1.29, 1.82) is 5.41 Å². The molecule has 0 saturated heterocycles. The lowest BCUT2D eigenvalue weighted by molar-refractivity contribution is 0.0997. The van der Waals surface area contributed by atoms with Crippen LogP contribution in [0.4, 0.5) is 0 Å². The Bertz CT molecular complexity index is 953. The number of pyridine rings is 1. The molecule has 130 valence electrons. The van der Waals surface area contributed by atoms with Crippen molar-refractivity contribution in [3.05, 3.63) is 57.7 Å². The number of nitrogens with one attached hydrogen (secondary N) is 1. The lowest BCUT2D eigenvalue weighted by Crippen LogP contribution is -2.30. The van der Waals surface area contributed by atoms with Gasteiger partial charge in [0.15, 0.2) is 9.84 Å². The Morgan fingerprint density at radius 2 is 1.96 bits per heavy atom. The molecule has 0 aliphatic heterocycles. The van der Waals surface area contributed by atoms with E-state index < -0.39 is 15.7 Å². The minimum atomic E-state index is -3.42. The highest BCUT2D eigenvalue weighted by Gasteiger charge is 2.15. The van der Waals surface area contributed by atoms with Gasteiger partial charge in [0.1, 0.15) is 5.49 Å². The van der Waals surface area contributed by atoms with Crippen molar-refractivity contribution in [2.75, 3.05) is 6.26 Å². The first-order chi connectivity index (χ1) is 10.6. The van der Waals surface area contributed by atoms with Gasteiger partial charge in [-0.1, -0.05) is 29.3 Å². The van der Waals surface area contributed by atoms with Crippen molar-refractivity contribution in [3.8, 4) is 0 Å². The molecule has 0 radical (unpaired) electrons. The number of sulfone groups is 1. The molecule has 1 aromatic heterocycles. The average Bonchev–Trinajstić information content (AvgIpc) is 2.40. The van der Waals surface area contributed by atoms with Gasteiger partial charge in [-0.05, 0) is 24.6 Å². The summed E-state index contributed by atoms with van der Waals surface area (Å²) in [6.45, 7) is 1.93. The molecule has 24 heavy (non-hydrogen) atoms. The maximum absolute atomic E-state index is 11.9. The number of rotatable bonds is 4. The molecule has 0 aliphatic carbocycles. The van der Waals surface area contributed by atoms with Crippen LogP contribution in [0.25, 0.3) is 0 Å². The minimum Gasteiger partial charge on any atom is -0.365 e. The average molecular weight is 390 g/mol. The monoisotopic (exact) mass is 389 g/mol. The van der Waals surface area contributed by atoms with E-state index in [1.54, 1.807) is 12.1 Å². The summed E-state index contributed by atoms with van der Waals surface area (Å²) in [5, 5.41) is 8.30. The maximum atomic E-state index is 11.9. The second kappa shape index (κ2) is 7.38. The Morgan fingerprint density at radius 1 is 1.33 bits per heavy atom. The van der Waals surface area contributed by atoms with Gasteiger partial charge in [-0.15, -0.1) is 12.4 Å². The largest absolute Gasteiger partial charge is 0.365 e. The SMILES string of the molecule is Cc1ccc(S(C)(=O)=O)c(Cn2cc(Cl)cc(C(N)=O)c2=N)c1.Cl. The molecule has 1 heterocycles. The van der Waals surface area contributed by atoms with Crippen LogP contribution in [0.3, 0.4) is 0 Å². The zero-order valence-corrected chi connectivity index (χ0v) is 15.4. The standard InChI is InChI=1S/C15H16ClN3O3S.ClH/c1-9-3-4-13(23(2,21)22)10(5-9)7-19-8-11(16)6-12(14(19)17)15(18)20;/h3-6,8,17H,7H2,1-2H3,(H2,18,20);1H. The van der Waals surface area contributed by atoms with Gasteiger partial charge in [0.2, 0.25) is 0 Å². The summed E-state index contributed by atoms with van der Waals surface area (Å²) in [6, 6.07) is 6.28. The number of carbonyl (C=O) groups is 1. The molecule has 0 atom stereocenters. The van der Waals surface area contributed by atoms with E-state index in [0.717, 1.165) is 11.8 Å². The van der Waals surface area contributed by atoms with Crippen LogP contribution in [-0.2, 0) is 16.4 Å².